The molecule has 0 aliphatic heterocycles. The molecule has 1 fully saturated rings. The number of hydrogen-bond donors (Lipinski definition) is 3. The molecule has 1 saturated carbocycles. The zero-order chi connectivity index (χ0) is 15.2. The number of nitrogens with two attached hydrogens (primary N) is 2. The van der Waals surface area contributed by atoms with E-state index in [1.54, 1.807) is 24.3 Å². The maximum absolute atomic E-state index is 12.3. The van der Waals surface area contributed by atoms with Crippen LogP contribution >= 0.6 is 0 Å². The van der Waals surface area contributed by atoms with Crippen LogP contribution in [-0.4, -0.2) is 30.5 Å². The maximum Gasteiger partial charge on any atom is 0.255 e. The molecule has 1 aliphatic rings. The predicted molar refractivity (Wildman–Crippen MR) is 78.8 cm³/mol. The molecule has 0 spiro atoms. The monoisotopic (exact) mass is 291 g/mol. The molecule has 0 saturated heterocycles. The van der Waals surface area contributed by atoms with Crippen LogP contribution in [0.1, 0.15) is 36.0 Å². The zero-order valence-electron chi connectivity index (χ0n) is 11.9. The van der Waals surface area contributed by atoms with Crippen LogP contribution in [0.3, 0.4) is 0 Å². The lowest BCUT2D eigenvalue weighted by Crippen LogP contribution is -2.40. The third-order valence-corrected chi connectivity index (χ3v) is 3.61. The van der Waals surface area contributed by atoms with Crippen LogP contribution in [0.25, 0.3) is 0 Å². The summed E-state index contributed by atoms with van der Waals surface area (Å²) in [5, 5.41) is 2.99. The Balaban J connectivity index is 1.99. The van der Waals surface area contributed by atoms with E-state index < -0.39 is 5.91 Å². The number of hydrogen-bond acceptors (Lipinski definition) is 4. The molecule has 0 unspecified atom stereocenters. The van der Waals surface area contributed by atoms with Crippen molar-refractivity contribution in [3.63, 3.8) is 0 Å². The number of nitrogens with one attached hydrogen (secondary N) is 1. The Morgan fingerprint density at radius 3 is 2.52 bits per heavy atom. The fourth-order valence-corrected chi connectivity index (χ4v) is 2.46. The highest BCUT2D eigenvalue weighted by Gasteiger charge is 2.21. The molecule has 0 aromatic heterocycles. The number of benzene rings is 1. The summed E-state index contributed by atoms with van der Waals surface area (Å²) in [5.74, 6) is -0.414. The molecule has 0 heterocycles. The van der Waals surface area contributed by atoms with E-state index in [1.165, 1.54) is 0 Å². The Bertz CT molecular complexity index is 511. The minimum atomic E-state index is -0.577. The number of carbonyl (C=O) groups excluding carboxylic acids is 2. The van der Waals surface area contributed by atoms with Crippen LogP contribution < -0.4 is 21.5 Å². The SMILES string of the molecule is NC(=O)COc1ccccc1C(=O)NC1CCC(N)CC1. The number of ether oxygens (including phenoxy) is 1. The average molecular weight is 291 g/mol. The van der Waals surface area contributed by atoms with Gasteiger partial charge in [-0.15, -0.1) is 0 Å². The van der Waals surface area contributed by atoms with Crippen LogP contribution in [0, 0.1) is 0 Å². The zero-order valence-corrected chi connectivity index (χ0v) is 11.9. The van der Waals surface area contributed by atoms with Gasteiger partial charge in [0.25, 0.3) is 11.8 Å². The summed E-state index contributed by atoms with van der Waals surface area (Å²) in [6.45, 7) is -0.247. The lowest BCUT2D eigenvalue weighted by atomic mass is 9.91. The van der Waals surface area contributed by atoms with E-state index in [4.69, 9.17) is 16.2 Å². The average Bonchev–Trinajstić information content (AvgIpc) is 2.47. The number of para-hydroxylation sites is 1. The van der Waals surface area contributed by atoms with Gasteiger partial charge in [-0.05, 0) is 37.8 Å². The van der Waals surface area contributed by atoms with E-state index in [0.29, 0.717) is 11.3 Å². The largest absolute Gasteiger partial charge is 0.483 e. The van der Waals surface area contributed by atoms with Gasteiger partial charge in [0.05, 0.1) is 5.56 Å². The van der Waals surface area contributed by atoms with Crippen molar-refractivity contribution in [2.45, 2.75) is 37.8 Å². The third-order valence-electron chi connectivity index (χ3n) is 3.61. The number of rotatable bonds is 5. The first-order chi connectivity index (χ1) is 10.1. The van der Waals surface area contributed by atoms with E-state index in [9.17, 15) is 9.59 Å². The van der Waals surface area contributed by atoms with Crippen molar-refractivity contribution in [3.05, 3.63) is 29.8 Å². The first-order valence-electron chi connectivity index (χ1n) is 7.13. The van der Waals surface area contributed by atoms with E-state index in [-0.39, 0.29) is 24.6 Å². The first kappa shape index (κ1) is 15.3. The highest BCUT2D eigenvalue weighted by atomic mass is 16.5. The molecule has 0 bridgehead atoms. The molecule has 114 valence electrons. The van der Waals surface area contributed by atoms with Gasteiger partial charge in [0.2, 0.25) is 0 Å². The fourth-order valence-electron chi connectivity index (χ4n) is 2.46. The summed E-state index contributed by atoms with van der Waals surface area (Å²) in [7, 11) is 0. The van der Waals surface area contributed by atoms with E-state index in [0.717, 1.165) is 25.7 Å². The highest BCUT2D eigenvalue weighted by molar-refractivity contribution is 5.97. The van der Waals surface area contributed by atoms with Gasteiger partial charge < -0.3 is 21.5 Å². The number of carbonyl (C=O) groups is 2. The summed E-state index contributed by atoms with van der Waals surface area (Å²) in [6, 6.07) is 7.19. The standard InChI is InChI=1S/C15H21N3O3/c16-10-5-7-11(8-6-10)18-15(20)12-3-1-2-4-13(12)21-9-14(17)19/h1-4,10-11H,5-9,16H2,(H2,17,19)(H,18,20). The molecule has 1 aromatic carbocycles. The Labute approximate surface area is 123 Å². The first-order valence-corrected chi connectivity index (χ1v) is 7.13. The van der Waals surface area contributed by atoms with Gasteiger partial charge >= 0.3 is 0 Å². The molecule has 5 N–H and O–H groups in total. The molecule has 0 atom stereocenters. The van der Waals surface area contributed by atoms with Crippen molar-refractivity contribution >= 4 is 11.8 Å². The van der Waals surface area contributed by atoms with Crippen molar-refractivity contribution in [2.24, 2.45) is 11.5 Å². The van der Waals surface area contributed by atoms with Gasteiger partial charge in [-0.3, -0.25) is 9.59 Å². The maximum atomic E-state index is 12.3. The summed E-state index contributed by atoms with van der Waals surface area (Å²) in [5.41, 5.74) is 11.3. The van der Waals surface area contributed by atoms with Gasteiger partial charge in [0.1, 0.15) is 5.75 Å². The molecule has 21 heavy (non-hydrogen) atoms. The quantitative estimate of drug-likeness (QED) is 0.736. The second-order valence-electron chi connectivity index (χ2n) is 5.34. The van der Waals surface area contributed by atoms with Crippen molar-refractivity contribution in [2.75, 3.05) is 6.61 Å². The topological polar surface area (TPSA) is 107 Å². The van der Waals surface area contributed by atoms with Crippen LogP contribution in [-0.2, 0) is 4.79 Å². The minimum Gasteiger partial charge on any atom is -0.483 e. The molecule has 1 aliphatic carbocycles. The number of primary amides is 1. The summed E-state index contributed by atoms with van der Waals surface area (Å²) in [4.78, 5) is 23.1. The lowest BCUT2D eigenvalue weighted by Gasteiger charge is -2.27. The second-order valence-corrected chi connectivity index (χ2v) is 5.34. The van der Waals surface area contributed by atoms with Gasteiger partial charge in [0, 0.05) is 12.1 Å². The molecule has 1 aromatic rings. The van der Waals surface area contributed by atoms with E-state index in [2.05, 4.69) is 5.32 Å². The van der Waals surface area contributed by atoms with Crippen LogP contribution in [0.2, 0.25) is 0 Å². The Kier molecular flexibility index (Phi) is 5.16. The van der Waals surface area contributed by atoms with E-state index >= 15 is 0 Å². The highest BCUT2D eigenvalue weighted by Crippen LogP contribution is 2.21. The molecule has 2 rings (SSSR count). The molecule has 6 nitrogen and oxygen atoms in total. The third kappa shape index (κ3) is 4.46. The molecule has 2 amide bonds. The van der Waals surface area contributed by atoms with Crippen LogP contribution in [0.15, 0.2) is 24.3 Å². The summed E-state index contributed by atoms with van der Waals surface area (Å²) >= 11 is 0. The lowest BCUT2D eigenvalue weighted by molar-refractivity contribution is -0.119. The van der Waals surface area contributed by atoms with Crippen molar-refractivity contribution in [1.82, 2.24) is 5.32 Å². The summed E-state index contributed by atoms with van der Waals surface area (Å²) in [6.07, 6.45) is 3.62. The van der Waals surface area contributed by atoms with Gasteiger partial charge in [-0.1, -0.05) is 12.1 Å². The van der Waals surface area contributed by atoms with Gasteiger partial charge in [-0.2, -0.15) is 0 Å². The van der Waals surface area contributed by atoms with Crippen molar-refractivity contribution < 1.29 is 14.3 Å². The van der Waals surface area contributed by atoms with Crippen molar-refractivity contribution in [3.8, 4) is 5.75 Å². The minimum absolute atomic E-state index is 0.140. The number of amides is 2. The molecule has 6 heteroatoms. The van der Waals surface area contributed by atoms with Gasteiger partial charge in [-0.25, -0.2) is 0 Å². The van der Waals surface area contributed by atoms with Gasteiger partial charge in [0.15, 0.2) is 6.61 Å². The van der Waals surface area contributed by atoms with E-state index in [1.807, 2.05) is 0 Å². The van der Waals surface area contributed by atoms with Crippen molar-refractivity contribution in [1.29, 1.82) is 0 Å². The predicted octanol–water partition coefficient (Wildman–Crippen LogP) is 0.550. The second kappa shape index (κ2) is 7.08. The molecule has 0 radical (unpaired) electrons. The fraction of sp³-hybridized carbons (Fsp3) is 0.467. The van der Waals surface area contributed by atoms with Crippen LogP contribution in [0.4, 0.5) is 0 Å². The Morgan fingerprint density at radius 2 is 1.86 bits per heavy atom. The van der Waals surface area contributed by atoms with Crippen LogP contribution in [0.5, 0.6) is 5.75 Å². The Morgan fingerprint density at radius 1 is 1.19 bits per heavy atom. The molecular weight excluding hydrogens is 270 g/mol. The molecular formula is C15H21N3O3. The summed E-state index contributed by atoms with van der Waals surface area (Å²) < 4.78 is 5.27. The Hall–Kier alpha value is -2.08. The smallest absolute Gasteiger partial charge is 0.255 e. The normalized spacial score (nSPS) is 21.6.